The van der Waals surface area contributed by atoms with Crippen LogP contribution >= 0.6 is 11.3 Å². The fourth-order valence-electron chi connectivity index (χ4n) is 4.36. The number of hydrogen-bond acceptors (Lipinski definition) is 5. The van der Waals surface area contributed by atoms with Crippen molar-refractivity contribution >= 4 is 40.4 Å². The lowest BCUT2D eigenvalue weighted by molar-refractivity contribution is -0.119. The summed E-state index contributed by atoms with van der Waals surface area (Å²) in [5.41, 5.74) is 3.01. The molecule has 0 spiro atoms. The highest BCUT2D eigenvalue weighted by Crippen LogP contribution is 2.31. The first-order valence-corrected chi connectivity index (χ1v) is 12.5. The van der Waals surface area contributed by atoms with E-state index in [0.717, 1.165) is 10.6 Å². The first-order valence-electron chi connectivity index (χ1n) is 11.6. The lowest BCUT2D eigenvalue weighted by Crippen LogP contribution is -2.45. The highest BCUT2D eigenvalue weighted by Gasteiger charge is 2.31. The van der Waals surface area contributed by atoms with Gasteiger partial charge >= 0.3 is 0 Å². The average molecular weight is 500 g/mol. The molecule has 0 saturated carbocycles. The van der Waals surface area contributed by atoms with Gasteiger partial charge in [-0.3, -0.25) is 14.4 Å². The van der Waals surface area contributed by atoms with Crippen molar-refractivity contribution in [1.29, 1.82) is 0 Å². The quantitative estimate of drug-likeness (QED) is 0.440. The van der Waals surface area contributed by atoms with E-state index in [0.29, 0.717) is 22.8 Å². The summed E-state index contributed by atoms with van der Waals surface area (Å²) >= 11 is 1.54. The zero-order valence-electron chi connectivity index (χ0n) is 19.9. The minimum absolute atomic E-state index is 0.150. The number of nitrogens with zero attached hydrogens (tertiary/aromatic N) is 4. The molecule has 1 aliphatic heterocycles. The number of hydrogen-bond donors (Lipinski definition) is 1. The van der Waals surface area contributed by atoms with Gasteiger partial charge in [-0.2, -0.15) is 5.10 Å². The fourth-order valence-corrected chi connectivity index (χ4v) is 5.04. The highest BCUT2D eigenvalue weighted by molar-refractivity contribution is 7.13. The number of thiophene rings is 1. The molecular weight excluding hydrogens is 474 g/mol. The molecule has 0 saturated heterocycles. The molecule has 0 aliphatic carbocycles. The SMILES string of the molecule is CC1CC(=O)Nc2ccccc2N1C(=O)CN(C)C(=O)c1cc(-c2cccs2)nn1-c1ccccc1. The minimum atomic E-state index is -0.357. The first kappa shape index (κ1) is 23.5. The lowest BCUT2D eigenvalue weighted by Gasteiger charge is -2.29. The molecule has 0 fully saturated rings. The normalized spacial score (nSPS) is 15.1. The molecule has 0 radical (unpaired) electrons. The Hall–Kier alpha value is -4.24. The van der Waals surface area contributed by atoms with Crippen LogP contribution in [-0.4, -0.2) is 52.0 Å². The van der Waals surface area contributed by atoms with Crippen molar-refractivity contribution in [3.05, 3.63) is 83.9 Å². The van der Waals surface area contributed by atoms with Crippen molar-refractivity contribution in [1.82, 2.24) is 14.7 Å². The van der Waals surface area contributed by atoms with Crippen molar-refractivity contribution in [2.45, 2.75) is 19.4 Å². The third kappa shape index (κ3) is 4.52. The number of carbonyl (C=O) groups is 3. The molecule has 1 unspecified atom stereocenters. The van der Waals surface area contributed by atoms with E-state index in [2.05, 4.69) is 5.32 Å². The predicted octanol–water partition coefficient (Wildman–Crippen LogP) is 4.44. The summed E-state index contributed by atoms with van der Waals surface area (Å²) < 4.78 is 1.62. The Labute approximate surface area is 212 Å². The maximum atomic E-state index is 13.6. The van der Waals surface area contributed by atoms with Crippen LogP contribution in [0.3, 0.4) is 0 Å². The van der Waals surface area contributed by atoms with E-state index in [-0.39, 0.29) is 36.7 Å². The molecule has 2 aromatic carbocycles. The molecular formula is C27H25N5O3S. The van der Waals surface area contributed by atoms with Crippen molar-refractivity contribution in [2.75, 3.05) is 23.8 Å². The molecule has 5 rings (SSSR count). The average Bonchev–Trinajstić information content (AvgIpc) is 3.53. The number of benzene rings is 2. The molecule has 3 heterocycles. The van der Waals surface area contributed by atoms with E-state index in [1.165, 1.54) is 4.90 Å². The summed E-state index contributed by atoms with van der Waals surface area (Å²) in [7, 11) is 1.60. The minimum Gasteiger partial charge on any atom is -0.331 e. The van der Waals surface area contributed by atoms with Crippen LogP contribution in [0.1, 0.15) is 23.8 Å². The number of anilines is 2. The third-order valence-corrected chi connectivity index (χ3v) is 6.94. The van der Waals surface area contributed by atoms with E-state index in [1.807, 2.05) is 66.9 Å². The zero-order chi connectivity index (χ0) is 25.2. The van der Waals surface area contributed by atoms with Gasteiger partial charge in [-0.1, -0.05) is 36.4 Å². The number of likely N-dealkylation sites (N-methyl/N-ethyl adjacent to an activating group) is 1. The third-order valence-electron chi connectivity index (χ3n) is 6.05. The number of carbonyl (C=O) groups excluding carboxylic acids is 3. The summed E-state index contributed by atoms with van der Waals surface area (Å²) in [6.45, 7) is 1.68. The fraction of sp³-hybridized carbons (Fsp3) is 0.185. The Balaban J connectivity index is 1.44. The van der Waals surface area contributed by atoms with Gasteiger partial charge in [-0.25, -0.2) is 4.68 Å². The van der Waals surface area contributed by atoms with Gasteiger partial charge in [0.15, 0.2) is 0 Å². The van der Waals surface area contributed by atoms with Gasteiger partial charge in [0, 0.05) is 19.5 Å². The van der Waals surface area contributed by atoms with Crippen LogP contribution in [0.15, 0.2) is 78.2 Å². The van der Waals surface area contributed by atoms with Crippen LogP contribution < -0.4 is 10.2 Å². The number of amides is 3. The van der Waals surface area contributed by atoms with Crippen LogP contribution in [0.4, 0.5) is 11.4 Å². The Morgan fingerprint density at radius 3 is 2.58 bits per heavy atom. The molecule has 36 heavy (non-hydrogen) atoms. The summed E-state index contributed by atoms with van der Waals surface area (Å²) in [5.74, 6) is -0.749. The van der Waals surface area contributed by atoms with E-state index in [1.54, 1.807) is 46.2 Å². The highest BCUT2D eigenvalue weighted by atomic mass is 32.1. The smallest absolute Gasteiger partial charge is 0.272 e. The number of para-hydroxylation sites is 3. The number of fused-ring (bicyclic) bond motifs is 1. The van der Waals surface area contributed by atoms with Crippen LogP contribution in [0.2, 0.25) is 0 Å². The van der Waals surface area contributed by atoms with E-state index in [4.69, 9.17) is 5.10 Å². The first-order chi connectivity index (χ1) is 17.4. The molecule has 8 nitrogen and oxygen atoms in total. The molecule has 9 heteroatoms. The maximum absolute atomic E-state index is 13.6. The molecule has 4 aromatic rings. The van der Waals surface area contributed by atoms with E-state index >= 15 is 0 Å². The van der Waals surface area contributed by atoms with Crippen LogP contribution in [0, 0.1) is 0 Å². The number of rotatable bonds is 5. The molecule has 182 valence electrons. The Bertz CT molecular complexity index is 1410. The number of aromatic nitrogens is 2. The Morgan fingerprint density at radius 1 is 1.08 bits per heavy atom. The second kappa shape index (κ2) is 9.79. The van der Waals surface area contributed by atoms with Crippen molar-refractivity contribution in [3.8, 4) is 16.3 Å². The van der Waals surface area contributed by atoms with Gasteiger partial charge in [0.1, 0.15) is 17.9 Å². The topological polar surface area (TPSA) is 87.5 Å². The van der Waals surface area contributed by atoms with Crippen LogP contribution in [-0.2, 0) is 9.59 Å². The summed E-state index contributed by atoms with van der Waals surface area (Å²) in [4.78, 5) is 43.3. The van der Waals surface area contributed by atoms with Gasteiger partial charge in [0.25, 0.3) is 5.91 Å². The van der Waals surface area contributed by atoms with Gasteiger partial charge in [0.05, 0.1) is 21.9 Å². The Morgan fingerprint density at radius 2 is 1.83 bits per heavy atom. The van der Waals surface area contributed by atoms with Crippen molar-refractivity contribution < 1.29 is 14.4 Å². The maximum Gasteiger partial charge on any atom is 0.272 e. The predicted molar refractivity (Wildman–Crippen MR) is 140 cm³/mol. The molecule has 1 aliphatic rings. The molecule has 2 aromatic heterocycles. The van der Waals surface area contributed by atoms with Crippen molar-refractivity contribution in [3.63, 3.8) is 0 Å². The molecule has 1 atom stereocenters. The molecule has 1 N–H and O–H groups in total. The van der Waals surface area contributed by atoms with Crippen LogP contribution in [0.5, 0.6) is 0 Å². The van der Waals surface area contributed by atoms with E-state index < -0.39 is 0 Å². The largest absolute Gasteiger partial charge is 0.331 e. The summed E-state index contributed by atoms with van der Waals surface area (Å²) in [5, 5.41) is 9.51. The van der Waals surface area contributed by atoms with Gasteiger partial charge in [-0.15, -0.1) is 11.3 Å². The zero-order valence-corrected chi connectivity index (χ0v) is 20.7. The molecule has 0 bridgehead atoms. The lowest BCUT2D eigenvalue weighted by atomic mass is 10.1. The number of nitrogens with one attached hydrogen (secondary N) is 1. The van der Waals surface area contributed by atoms with Gasteiger partial charge < -0.3 is 15.1 Å². The van der Waals surface area contributed by atoms with Crippen LogP contribution in [0.25, 0.3) is 16.3 Å². The Kier molecular flexibility index (Phi) is 6.39. The second-order valence-electron chi connectivity index (χ2n) is 8.68. The van der Waals surface area contributed by atoms with E-state index in [9.17, 15) is 14.4 Å². The second-order valence-corrected chi connectivity index (χ2v) is 9.63. The summed E-state index contributed by atoms with van der Waals surface area (Å²) in [6, 6.07) is 21.9. The molecule has 3 amide bonds. The summed E-state index contributed by atoms with van der Waals surface area (Å²) in [6.07, 6.45) is 0.170. The van der Waals surface area contributed by atoms with Gasteiger partial charge in [0.2, 0.25) is 11.8 Å². The monoisotopic (exact) mass is 499 g/mol. The van der Waals surface area contributed by atoms with Crippen molar-refractivity contribution in [2.24, 2.45) is 0 Å². The van der Waals surface area contributed by atoms with Gasteiger partial charge in [-0.05, 0) is 48.7 Å². The standard InChI is InChI=1S/C27H25N5O3S/c1-18-15-25(33)28-20-11-6-7-12-22(20)31(18)26(34)17-30(2)27(35)23-16-21(24-13-8-14-36-24)29-32(23)19-9-4-3-5-10-19/h3-14,16,18H,15,17H2,1-2H3,(H,28,33).